The Hall–Kier alpha value is -1.97. The van der Waals surface area contributed by atoms with Gasteiger partial charge in [-0.05, 0) is 37.7 Å². The van der Waals surface area contributed by atoms with Crippen molar-refractivity contribution in [3.8, 4) is 0 Å². The molecule has 1 N–H and O–H groups in total. The maximum atomic E-state index is 12.9. The lowest BCUT2D eigenvalue weighted by Gasteiger charge is -2.18. The number of hydrogen-bond donors (Lipinski definition) is 1. The van der Waals surface area contributed by atoms with Crippen LogP contribution < -0.4 is 5.32 Å². The first-order valence-corrected chi connectivity index (χ1v) is 13.2. The highest BCUT2D eigenvalue weighted by Gasteiger charge is 2.23. The summed E-state index contributed by atoms with van der Waals surface area (Å²) in [5.74, 6) is 0.829. The van der Waals surface area contributed by atoms with E-state index in [1.807, 2.05) is 19.9 Å². The zero-order valence-corrected chi connectivity index (χ0v) is 21.0. The fraction of sp³-hybridized carbons (Fsp3) is 0.652. The van der Waals surface area contributed by atoms with Crippen molar-refractivity contribution >= 4 is 27.0 Å². The van der Waals surface area contributed by atoms with Gasteiger partial charge in [0, 0.05) is 45.6 Å². The number of fused-ring (bicyclic) bond motifs is 1. The molecular formula is C23H39N5O3S. The van der Waals surface area contributed by atoms with E-state index in [4.69, 9.17) is 4.98 Å². The first-order chi connectivity index (χ1) is 15.3. The van der Waals surface area contributed by atoms with Gasteiger partial charge in [0.25, 0.3) is 0 Å². The van der Waals surface area contributed by atoms with Crippen molar-refractivity contribution in [2.24, 2.45) is 0 Å². The average molecular weight is 466 g/mol. The lowest BCUT2D eigenvalue weighted by Crippen LogP contribution is -2.34. The molecule has 0 fully saturated rings. The summed E-state index contributed by atoms with van der Waals surface area (Å²) in [6, 6.07) is 5.15. The van der Waals surface area contributed by atoms with E-state index in [1.54, 1.807) is 12.1 Å². The van der Waals surface area contributed by atoms with Gasteiger partial charge in [-0.1, -0.05) is 34.6 Å². The molecule has 1 aromatic carbocycles. The van der Waals surface area contributed by atoms with Crippen LogP contribution in [0.4, 0.5) is 0 Å². The van der Waals surface area contributed by atoms with Crippen LogP contribution in [0.1, 0.15) is 53.3 Å². The van der Waals surface area contributed by atoms with Crippen LogP contribution in [-0.2, 0) is 27.8 Å². The Morgan fingerprint density at radius 1 is 1.06 bits per heavy atom. The number of rotatable bonds is 14. The zero-order valence-electron chi connectivity index (χ0n) is 20.2. The van der Waals surface area contributed by atoms with Gasteiger partial charge in [0.05, 0.1) is 15.9 Å². The number of amides is 1. The van der Waals surface area contributed by atoms with Crippen molar-refractivity contribution in [1.29, 1.82) is 0 Å². The molecule has 180 valence electrons. The van der Waals surface area contributed by atoms with Crippen molar-refractivity contribution in [2.75, 3.05) is 39.3 Å². The average Bonchev–Trinajstić information content (AvgIpc) is 3.13. The largest absolute Gasteiger partial charge is 0.355 e. The van der Waals surface area contributed by atoms with Gasteiger partial charge in [-0.25, -0.2) is 13.4 Å². The van der Waals surface area contributed by atoms with E-state index in [0.717, 1.165) is 43.9 Å². The predicted molar refractivity (Wildman–Crippen MR) is 129 cm³/mol. The van der Waals surface area contributed by atoms with Crippen LogP contribution in [0.15, 0.2) is 23.1 Å². The Morgan fingerprint density at radius 3 is 2.34 bits per heavy atom. The molecule has 8 nitrogen and oxygen atoms in total. The van der Waals surface area contributed by atoms with Gasteiger partial charge in [0.15, 0.2) is 0 Å². The molecule has 1 aromatic heterocycles. The Balaban J connectivity index is 2.18. The lowest BCUT2D eigenvalue weighted by molar-refractivity contribution is -0.121. The Kier molecular flexibility index (Phi) is 10.1. The standard InChI is InChI=1S/C23H39N5O3S/c1-6-16-28-21-12-11-19(32(30,31)27(9-4)10-5)18-20(21)25-22(28)13-14-23(29)24-15-17-26(7-2)8-3/h11-12,18H,6-10,13-17H2,1-5H3,(H,24,29). The van der Waals surface area contributed by atoms with Gasteiger partial charge in [-0.3, -0.25) is 4.79 Å². The molecule has 0 aliphatic rings. The zero-order chi connectivity index (χ0) is 23.7. The minimum absolute atomic E-state index is 0.0112. The molecular weight excluding hydrogens is 426 g/mol. The summed E-state index contributed by atoms with van der Waals surface area (Å²) >= 11 is 0. The number of nitrogens with one attached hydrogen (secondary N) is 1. The SMILES string of the molecule is CCCn1c(CCC(=O)NCCN(CC)CC)nc2cc(S(=O)(=O)N(CC)CC)ccc21. The van der Waals surface area contributed by atoms with E-state index < -0.39 is 10.0 Å². The summed E-state index contributed by atoms with van der Waals surface area (Å²) in [5, 5.41) is 2.99. The molecule has 32 heavy (non-hydrogen) atoms. The lowest BCUT2D eigenvalue weighted by atomic mass is 10.2. The highest BCUT2D eigenvalue weighted by molar-refractivity contribution is 7.89. The van der Waals surface area contributed by atoms with Crippen molar-refractivity contribution < 1.29 is 13.2 Å². The Bertz CT molecular complexity index is 979. The van der Waals surface area contributed by atoms with Crippen LogP contribution in [0.25, 0.3) is 11.0 Å². The monoisotopic (exact) mass is 465 g/mol. The summed E-state index contributed by atoms with van der Waals surface area (Å²) in [7, 11) is -3.54. The molecule has 0 aliphatic carbocycles. The Labute approximate surface area is 193 Å². The molecule has 2 rings (SSSR count). The molecule has 0 bridgehead atoms. The first-order valence-electron chi connectivity index (χ1n) is 11.8. The number of likely N-dealkylation sites (N-methyl/N-ethyl adjacent to an activating group) is 1. The summed E-state index contributed by atoms with van der Waals surface area (Å²) in [6.07, 6.45) is 1.80. The van der Waals surface area contributed by atoms with Gasteiger partial charge < -0.3 is 14.8 Å². The summed E-state index contributed by atoms with van der Waals surface area (Å²) < 4.78 is 29.3. The topological polar surface area (TPSA) is 87.5 Å². The van der Waals surface area contributed by atoms with E-state index in [1.165, 1.54) is 4.31 Å². The van der Waals surface area contributed by atoms with Crippen LogP contribution in [-0.4, -0.2) is 72.3 Å². The quantitative estimate of drug-likeness (QED) is 0.464. The summed E-state index contributed by atoms with van der Waals surface area (Å²) in [5.41, 5.74) is 1.56. The third-order valence-corrected chi connectivity index (χ3v) is 7.86. The normalized spacial score (nSPS) is 12.2. The number of imidazole rings is 1. The van der Waals surface area contributed by atoms with E-state index >= 15 is 0 Å². The molecule has 0 radical (unpaired) electrons. The molecule has 0 saturated carbocycles. The second-order valence-corrected chi connectivity index (χ2v) is 9.73. The number of nitrogens with zero attached hydrogens (tertiary/aromatic N) is 4. The number of aryl methyl sites for hydroxylation is 2. The van der Waals surface area contributed by atoms with Gasteiger partial charge in [0.1, 0.15) is 5.82 Å². The molecule has 0 unspecified atom stereocenters. The molecule has 1 amide bonds. The van der Waals surface area contributed by atoms with Crippen LogP contribution in [0.3, 0.4) is 0 Å². The fourth-order valence-corrected chi connectivity index (χ4v) is 5.38. The number of aromatic nitrogens is 2. The highest BCUT2D eigenvalue weighted by Crippen LogP contribution is 2.24. The van der Waals surface area contributed by atoms with Crippen LogP contribution in [0.5, 0.6) is 0 Å². The molecule has 0 spiro atoms. The minimum atomic E-state index is -3.54. The van der Waals surface area contributed by atoms with Crippen LogP contribution in [0.2, 0.25) is 0 Å². The second kappa shape index (κ2) is 12.3. The maximum absolute atomic E-state index is 12.9. The summed E-state index contributed by atoms with van der Waals surface area (Å²) in [6.45, 7) is 15.0. The van der Waals surface area contributed by atoms with Crippen molar-refractivity contribution in [3.63, 3.8) is 0 Å². The van der Waals surface area contributed by atoms with Crippen molar-refractivity contribution in [3.05, 3.63) is 24.0 Å². The summed E-state index contributed by atoms with van der Waals surface area (Å²) in [4.78, 5) is 19.6. The van der Waals surface area contributed by atoms with Gasteiger partial charge in [0.2, 0.25) is 15.9 Å². The van der Waals surface area contributed by atoms with Crippen LogP contribution in [0, 0.1) is 0 Å². The molecule has 1 heterocycles. The fourth-order valence-electron chi connectivity index (χ4n) is 3.90. The third-order valence-electron chi connectivity index (χ3n) is 5.81. The van der Waals surface area contributed by atoms with E-state index in [2.05, 4.69) is 35.6 Å². The number of benzene rings is 1. The number of sulfonamides is 1. The van der Waals surface area contributed by atoms with Crippen LogP contribution >= 0.6 is 0 Å². The maximum Gasteiger partial charge on any atom is 0.243 e. The minimum Gasteiger partial charge on any atom is -0.355 e. The smallest absolute Gasteiger partial charge is 0.243 e. The molecule has 0 atom stereocenters. The van der Waals surface area contributed by atoms with Crippen molar-refractivity contribution in [2.45, 2.75) is 65.3 Å². The van der Waals surface area contributed by atoms with Gasteiger partial charge in [-0.2, -0.15) is 4.31 Å². The number of carbonyl (C=O) groups excluding carboxylic acids is 1. The van der Waals surface area contributed by atoms with Gasteiger partial charge >= 0.3 is 0 Å². The number of carbonyl (C=O) groups is 1. The van der Waals surface area contributed by atoms with E-state index in [9.17, 15) is 13.2 Å². The Morgan fingerprint density at radius 2 is 1.75 bits per heavy atom. The molecule has 9 heteroatoms. The molecule has 2 aromatic rings. The second-order valence-electron chi connectivity index (χ2n) is 7.80. The third kappa shape index (κ3) is 6.30. The van der Waals surface area contributed by atoms with E-state index in [-0.39, 0.29) is 10.8 Å². The first kappa shape index (κ1) is 26.3. The molecule has 0 saturated heterocycles. The molecule has 0 aliphatic heterocycles. The highest BCUT2D eigenvalue weighted by atomic mass is 32.2. The number of hydrogen-bond acceptors (Lipinski definition) is 5. The van der Waals surface area contributed by atoms with E-state index in [0.29, 0.717) is 38.0 Å². The predicted octanol–water partition coefficient (Wildman–Crippen LogP) is 2.87. The van der Waals surface area contributed by atoms with Crippen molar-refractivity contribution in [1.82, 2.24) is 24.1 Å². The van der Waals surface area contributed by atoms with Gasteiger partial charge in [-0.15, -0.1) is 0 Å².